The van der Waals surface area contributed by atoms with Crippen LogP contribution in [0.4, 0.5) is 0 Å². The van der Waals surface area contributed by atoms with Crippen molar-refractivity contribution >= 4 is 40.5 Å². The van der Waals surface area contributed by atoms with Gasteiger partial charge in [-0.1, -0.05) is 23.2 Å². The molecule has 0 saturated heterocycles. The first kappa shape index (κ1) is 18.0. The fourth-order valence-corrected chi connectivity index (χ4v) is 3.35. The topological polar surface area (TPSA) is 49.3 Å². The quantitative estimate of drug-likeness (QED) is 0.601. The van der Waals surface area contributed by atoms with E-state index in [1.54, 1.807) is 24.5 Å². The molecule has 4 nitrogen and oxygen atoms in total. The zero-order valence-electron chi connectivity index (χ0n) is 13.2. The minimum absolute atomic E-state index is 0.661. The molecule has 0 amide bonds. The van der Waals surface area contributed by atoms with E-state index in [-0.39, 0.29) is 0 Å². The van der Waals surface area contributed by atoms with E-state index in [9.17, 15) is 0 Å². The highest BCUT2D eigenvalue weighted by Gasteiger charge is 2.02. The highest BCUT2D eigenvalue weighted by atomic mass is 35.5. The van der Waals surface area contributed by atoms with E-state index in [1.807, 2.05) is 19.1 Å². The van der Waals surface area contributed by atoms with Crippen LogP contribution in [0.1, 0.15) is 16.3 Å². The molecular formula is C16H20Cl2N4S. The van der Waals surface area contributed by atoms with Gasteiger partial charge in [0.05, 0.1) is 10.7 Å². The maximum Gasteiger partial charge on any atom is 0.190 e. The van der Waals surface area contributed by atoms with Crippen LogP contribution < -0.4 is 10.6 Å². The molecule has 0 radical (unpaired) electrons. The molecule has 0 aliphatic carbocycles. The summed E-state index contributed by atoms with van der Waals surface area (Å²) in [6.45, 7) is 3.57. The van der Waals surface area contributed by atoms with Crippen LogP contribution in [0, 0.1) is 6.92 Å². The lowest BCUT2D eigenvalue weighted by Crippen LogP contribution is -2.39. The van der Waals surface area contributed by atoms with Gasteiger partial charge in [-0.15, -0.1) is 11.3 Å². The Morgan fingerprint density at radius 2 is 1.78 bits per heavy atom. The van der Waals surface area contributed by atoms with Crippen LogP contribution in [0.25, 0.3) is 0 Å². The number of nitrogens with one attached hydrogen (secondary N) is 2. The number of rotatable bonds is 6. The number of aromatic nitrogens is 1. The van der Waals surface area contributed by atoms with Gasteiger partial charge in [0.15, 0.2) is 5.96 Å². The van der Waals surface area contributed by atoms with Crippen molar-refractivity contribution in [3.05, 3.63) is 49.9 Å². The third-order valence-electron chi connectivity index (χ3n) is 3.19. The fourth-order valence-electron chi connectivity index (χ4n) is 2.13. The summed E-state index contributed by atoms with van der Waals surface area (Å²) in [7, 11) is 1.76. The Kier molecular flexibility index (Phi) is 7.15. The van der Waals surface area contributed by atoms with Gasteiger partial charge in [-0.3, -0.25) is 4.99 Å². The van der Waals surface area contributed by atoms with Crippen LogP contribution >= 0.6 is 34.5 Å². The molecule has 2 rings (SSSR count). The zero-order chi connectivity index (χ0) is 16.7. The molecule has 23 heavy (non-hydrogen) atoms. The van der Waals surface area contributed by atoms with Gasteiger partial charge in [-0.25, -0.2) is 4.98 Å². The third-order valence-corrected chi connectivity index (χ3v) is 4.45. The highest BCUT2D eigenvalue weighted by molar-refractivity contribution is 7.09. The molecule has 0 fully saturated rings. The van der Waals surface area contributed by atoms with Gasteiger partial charge in [-0.05, 0) is 37.1 Å². The van der Waals surface area contributed by atoms with Crippen molar-refractivity contribution in [1.29, 1.82) is 0 Å². The molecule has 0 saturated carbocycles. The molecule has 0 bridgehead atoms. The highest BCUT2D eigenvalue weighted by Crippen LogP contribution is 2.19. The fraction of sp³-hybridized carbons (Fsp3) is 0.375. The Hall–Kier alpha value is -1.30. The summed E-state index contributed by atoms with van der Waals surface area (Å²) in [5.74, 6) is 0.782. The molecule has 0 aliphatic heterocycles. The molecule has 0 spiro atoms. The number of aliphatic imine (C=N–C) groups is 1. The summed E-state index contributed by atoms with van der Waals surface area (Å²) in [6, 6.07) is 5.59. The van der Waals surface area contributed by atoms with Gasteiger partial charge < -0.3 is 10.6 Å². The number of hydrogen-bond donors (Lipinski definition) is 2. The summed E-state index contributed by atoms with van der Waals surface area (Å²) < 4.78 is 0. The minimum Gasteiger partial charge on any atom is -0.356 e. The van der Waals surface area contributed by atoms with E-state index in [2.05, 4.69) is 26.0 Å². The first-order valence-corrected chi connectivity index (χ1v) is 9.01. The normalized spacial score (nSPS) is 11.6. The second kappa shape index (κ2) is 9.11. The molecule has 2 aromatic rings. The summed E-state index contributed by atoms with van der Waals surface area (Å²) in [5.41, 5.74) is 2.22. The standard InChI is InChI=1S/C16H20Cl2N4S/c1-11-22-15(10-23-11)4-6-21-16(19-2)20-5-3-12-7-13(17)9-14(18)8-12/h7-10H,3-6H2,1-2H3,(H2,19,20,21). The SMILES string of the molecule is CN=C(NCCc1cc(Cl)cc(Cl)c1)NCCc1csc(C)n1. The van der Waals surface area contributed by atoms with E-state index in [0.29, 0.717) is 10.0 Å². The summed E-state index contributed by atoms with van der Waals surface area (Å²) >= 11 is 13.7. The number of guanidine groups is 1. The largest absolute Gasteiger partial charge is 0.356 e. The van der Waals surface area contributed by atoms with Crippen molar-refractivity contribution in [1.82, 2.24) is 15.6 Å². The maximum atomic E-state index is 6.00. The summed E-state index contributed by atoms with van der Waals surface area (Å²) in [5, 5.41) is 11.1. The maximum absolute atomic E-state index is 6.00. The number of aryl methyl sites for hydroxylation is 1. The lowest BCUT2D eigenvalue weighted by Gasteiger charge is -2.11. The molecule has 0 atom stereocenters. The lowest BCUT2D eigenvalue weighted by atomic mass is 10.1. The van der Waals surface area contributed by atoms with Crippen molar-refractivity contribution in [2.75, 3.05) is 20.1 Å². The van der Waals surface area contributed by atoms with Gasteiger partial charge in [0.1, 0.15) is 0 Å². The van der Waals surface area contributed by atoms with Gasteiger partial charge >= 0.3 is 0 Å². The Bertz CT molecular complexity index is 650. The molecule has 7 heteroatoms. The van der Waals surface area contributed by atoms with E-state index in [4.69, 9.17) is 23.2 Å². The Morgan fingerprint density at radius 3 is 2.35 bits per heavy atom. The van der Waals surface area contributed by atoms with Gasteiger partial charge in [0, 0.05) is 42.0 Å². The van der Waals surface area contributed by atoms with Crippen LogP contribution in [0.5, 0.6) is 0 Å². The average molecular weight is 371 g/mol. The van der Waals surface area contributed by atoms with Crippen molar-refractivity contribution < 1.29 is 0 Å². The van der Waals surface area contributed by atoms with E-state index in [0.717, 1.165) is 48.2 Å². The molecule has 0 unspecified atom stereocenters. The first-order chi connectivity index (χ1) is 11.1. The van der Waals surface area contributed by atoms with Gasteiger partial charge in [0.25, 0.3) is 0 Å². The first-order valence-electron chi connectivity index (χ1n) is 7.37. The molecular weight excluding hydrogens is 351 g/mol. The number of hydrogen-bond acceptors (Lipinski definition) is 3. The molecule has 1 heterocycles. The molecule has 1 aromatic heterocycles. The molecule has 1 aromatic carbocycles. The number of nitrogens with zero attached hydrogens (tertiary/aromatic N) is 2. The number of halogens is 2. The molecule has 2 N–H and O–H groups in total. The van der Waals surface area contributed by atoms with Crippen LogP contribution in [0.2, 0.25) is 10.0 Å². The van der Waals surface area contributed by atoms with Crippen molar-refractivity contribution in [2.24, 2.45) is 4.99 Å². The monoisotopic (exact) mass is 370 g/mol. The van der Waals surface area contributed by atoms with Crippen LogP contribution in [-0.4, -0.2) is 31.1 Å². The van der Waals surface area contributed by atoms with E-state index in [1.165, 1.54) is 0 Å². The van der Waals surface area contributed by atoms with Gasteiger partial charge in [0.2, 0.25) is 0 Å². The summed E-state index contributed by atoms with van der Waals surface area (Å²) in [6.07, 6.45) is 1.71. The third kappa shape index (κ3) is 6.37. The molecule has 124 valence electrons. The smallest absolute Gasteiger partial charge is 0.190 e. The van der Waals surface area contributed by atoms with Crippen LogP contribution in [0.15, 0.2) is 28.6 Å². The molecule has 0 aliphatic rings. The van der Waals surface area contributed by atoms with Crippen molar-refractivity contribution in [2.45, 2.75) is 19.8 Å². The predicted molar refractivity (Wildman–Crippen MR) is 100 cm³/mol. The van der Waals surface area contributed by atoms with Crippen molar-refractivity contribution in [3.63, 3.8) is 0 Å². The Labute approximate surface area is 151 Å². The minimum atomic E-state index is 0.661. The lowest BCUT2D eigenvalue weighted by molar-refractivity contribution is 0.777. The number of benzene rings is 1. The zero-order valence-corrected chi connectivity index (χ0v) is 15.5. The number of thiazole rings is 1. The van der Waals surface area contributed by atoms with Crippen molar-refractivity contribution in [3.8, 4) is 0 Å². The summed E-state index contributed by atoms with van der Waals surface area (Å²) in [4.78, 5) is 8.66. The second-order valence-electron chi connectivity index (χ2n) is 5.06. The predicted octanol–water partition coefficient (Wildman–Crippen LogP) is 3.71. The second-order valence-corrected chi connectivity index (χ2v) is 7.00. The van der Waals surface area contributed by atoms with Crippen LogP contribution in [-0.2, 0) is 12.8 Å². The van der Waals surface area contributed by atoms with E-state index >= 15 is 0 Å². The Balaban J connectivity index is 1.72. The van der Waals surface area contributed by atoms with E-state index < -0.39 is 0 Å². The van der Waals surface area contributed by atoms with Crippen LogP contribution in [0.3, 0.4) is 0 Å². The average Bonchev–Trinajstić information content (AvgIpc) is 2.90. The van der Waals surface area contributed by atoms with Gasteiger partial charge in [-0.2, -0.15) is 0 Å². The Morgan fingerprint density at radius 1 is 1.13 bits per heavy atom.